The first-order valence-corrected chi connectivity index (χ1v) is 8.11. The molecule has 0 unspecified atom stereocenters. The van der Waals surface area contributed by atoms with Gasteiger partial charge in [0, 0.05) is 16.5 Å². The van der Waals surface area contributed by atoms with Gasteiger partial charge in [0.2, 0.25) is 5.13 Å². The molecule has 0 amide bonds. The van der Waals surface area contributed by atoms with E-state index in [1.165, 1.54) is 11.3 Å². The van der Waals surface area contributed by atoms with Crippen LogP contribution in [-0.2, 0) is 0 Å². The van der Waals surface area contributed by atoms with Gasteiger partial charge in [0.1, 0.15) is 0 Å². The predicted molar refractivity (Wildman–Crippen MR) is 95.2 cm³/mol. The summed E-state index contributed by atoms with van der Waals surface area (Å²) in [5, 5.41) is 7.84. The van der Waals surface area contributed by atoms with E-state index in [2.05, 4.69) is 15.5 Å². The largest absolute Gasteiger partial charge is 0.253 e. The molecule has 0 saturated carbocycles. The third kappa shape index (κ3) is 3.47. The predicted octanol–water partition coefficient (Wildman–Crippen LogP) is 5.56. The number of hydrogen-bond acceptors (Lipinski definition) is 4. The summed E-state index contributed by atoms with van der Waals surface area (Å²) in [5.41, 5.74) is 5.65. The second kappa shape index (κ2) is 6.92. The monoisotopic (exact) mass is 347 g/mol. The standard InChI is InChI=1S/C16H11Cl2N3S/c17-13-8-4-7-12(15(13)18)9-19-21-16-20-14(10-22-16)11-5-2-1-3-6-11/h1-10H,(H,20,21)/b19-9-. The van der Waals surface area contributed by atoms with E-state index in [0.29, 0.717) is 15.2 Å². The highest BCUT2D eigenvalue weighted by molar-refractivity contribution is 7.14. The fourth-order valence-corrected chi connectivity index (χ4v) is 2.87. The van der Waals surface area contributed by atoms with Gasteiger partial charge in [-0.1, -0.05) is 65.7 Å². The third-order valence-corrected chi connectivity index (χ3v) is 4.50. The summed E-state index contributed by atoms with van der Waals surface area (Å²) in [4.78, 5) is 4.49. The normalized spacial score (nSPS) is 11.0. The number of hydrogen-bond donors (Lipinski definition) is 1. The molecular weight excluding hydrogens is 337 g/mol. The van der Waals surface area contributed by atoms with Gasteiger partial charge in [-0.3, -0.25) is 5.43 Å². The fourth-order valence-electron chi connectivity index (χ4n) is 1.84. The molecule has 110 valence electrons. The van der Waals surface area contributed by atoms with Crippen LogP contribution in [0.5, 0.6) is 0 Å². The van der Waals surface area contributed by atoms with Crippen LogP contribution in [0, 0.1) is 0 Å². The van der Waals surface area contributed by atoms with Gasteiger partial charge in [0.15, 0.2) is 0 Å². The van der Waals surface area contributed by atoms with Gasteiger partial charge >= 0.3 is 0 Å². The average Bonchev–Trinajstić information content (AvgIpc) is 3.01. The lowest BCUT2D eigenvalue weighted by molar-refractivity contribution is 1.29. The van der Waals surface area contributed by atoms with Gasteiger partial charge in [-0.25, -0.2) is 4.98 Å². The van der Waals surface area contributed by atoms with Gasteiger partial charge < -0.3 is 0 Å². The van der Waals surface area contributed by atoms with E-state index in [-0.39, 0.29) is 0 Å². The Kier molecular flexibility index (Phi) is 4.73. The molecule has 0 bridgehead atoms. The molecule has 6 heteroatoms. The van der Waals surface area contributed by atoms with Crippen molar-refractivity contribution in [1.29, 1.82) is 0 Å². The minimum atomic E-state index is 0.485. The zero-order valence-electron chi connectivity index (χ0n) is 11.3. The molecule has 3 aromatic rings. The minimum Gasteiger partial charge on any atom is -0.253 e. The number of thiazole rings is 1. The van der Waals surface area contributed by atoms with Crippen LogP contribution in [0.25, 0.3) is 11.3 Å². The SMILES string of the molecule is Clc1cccc(/C=N\Nc2nc(-c3ccccc3)cs2)c1Cl. The molecule has 2 aromatic carbocycles. The van der Waals surface area contributed by atoms with Crippen LogP contribution >= 0.6 is 34.5 Å². The molecule has 22 heavy (non-hydrogen) atoms. The molecule has 0 aliphatic heterocycles. The second-order valence-corrected chi connectivity index (χ2v) is 6.06. The molecule has 0 radical (unpaired) electrons. The number of halogens is 2. The zero-order valence-corrected chi connectivity index (χ0v) is 13.7. The van der Waals surface area contributed by atoms with Gasteiger partial charge in [-0.15, -0.1) is 11.3 Å². The molecule has 0 fully saturated rings. The van der Waals surface area contributed by atoms with E-state index in [9.17, 15) is 0 Å². The van der Waals surface area contributed by atoms with Crippen molar-refractivity contribution in [1.82, 2.24) is 4.98 Å². The lowest BCUT2D eigenvalue weighted by atomic mass is 10.2. The molecule has 1 N–H and O–H groups in total. The first-order valence-electron chi connectivity index (χ1n) is 6.48. The van der Waals surface area contributed by atoms with Crippen molar-refractivity contribution in [2.75, 3.05) is 5.43 Å². The molecule has 0 spiro atoms. The topological polar surface area (TPSA) is 37.3 Å². The molecule has 3 nitrogen and oxygen atoms in total. The molecule has 0 aliphatic rings. The molecule has 0 saturated heterocycles. The number of nitrogens with one attached hydrogen (secondary N) is 1. The summed E-state index contributed by atoms with van der Waals surface area (Å²) in [5.74, 6) is 0. The van der Waals surface area contributed by atoms with Crippen LogP contribution in [0.4, 0.5) is 5.13 Å². The highest BCUT2D eigenvalue weighted by Gasteiger charge is 2.04. The highest BCUT2D eigenvalue weighted by atomic mass is 35.5. The molecule has 1 heterocycles. The van der Waals surface area contributed by atoms with Crippen molar-refractivity contribution < 1.29 is 0 Å². The third-order valence-electron chi connectivity index (χ3n) is 2.92. The Hall–Kier alpha value is -1.88. The van der Waals surface area contributed by atoms with Crippen molar-refractivity contribution in [3.63, 3.8) is 0 Å². The Morgan fingerprint density at radius 1 is 1.05 bits per heavy atom. The minimum absolute atomic E-state index is 0.485. The van der Waals surface area contributed by atoms with Crippen molar-refractivity contribution in [3.05, 3.63) is 69.5 Å². The van der Waals surface area contributed by atoms with E-state index < -0.39 is 0 Å². The summed E-state index contributed by atoms with van der Waals surface area (Å²) in [6.45, 7) is 0. The summed E-state index contributed by atoms with van der Waals surface area (Å²) in [6.07, 6.45) is 1.62. The van der Waals surface area contributed by atoms with E-state index in [0.717, 1.165) is 16.8 Å². The summed E-state index contributed by atoms with van der Waals surface area (Å²) in [7, 11) is 0. The Morgan fingerprint density at radius 3 is 2.68 bits per heavy atom. The summed E-state index contributed by atoms with van der Waals surface area (Å²) >= 11 is 13.5. The van der Waals surface area contributed by atoms with Crippen molar-refractivity contribution in [3.8, 4) is 11.3 Å². The van der Waals surface area contributed by atoms with E-state index in [4.69, 9.17) is 23.2 Å². The van der Waals surface area contributed by atoms with Crippen LogP contribution in [0.1, 0.15) is 5.56 Å². The first-order chi connectivity index (χ1) is 10.7. The smallest absolute Gasteiger partial charge is 0.203 e. The average molecular weight is 348 g/mol. The Bertz CT molecular complexity index is 800. The van der Waals surface area contributed by atoms with Gasteiger partial charge in [0.05, 0.1) is 22.0 Å². The molecule has 1 aromatic heterocycles. The van der Waals surface area contributed by atoms with Crippen molar-refractivity contribution in [2.24, 2.45) is 5.10 Å². The van der Waals surface area contributed by atoms with Crippen LogP contribution < -0.4 is 5.43 Å². The Labute approximate surface area is 142 Å². The number of nitrogens with zero attached hydrogens (tertiary/aromatic N) is 2. The number of rotatable bonds is 4. The molecule has 0 aliphatic carbocycles. The Balaban J connectivity index is 1.71. The van der Waals surface area contributed by atoms with Crippen LogP contribution in [0.15, 0.2) is 59.0 Å². The Morgan fingerprint density at radius 2 is 1.86 bits per heavy atom. The zero-order chi connectivity index (χ0) is 15.4. The molecular formula is C16H11Cl2N3S. The van der Waals surface area contributed by atoms with Crippen LogP contribution in [0.3, 0.4) is 0 Å². The summed E-state index contributed by atoms with van der Waals surface area (Å²) in [6, 6.07) is 15.4. The second-order valence-electron chi connectivity index (χ2n) is 4.42. The van der Waals surface area contributed by atoms with Crippen molar-refractivity contribution >= 4 is 45.9 Å². The van der Waals surface area contributed by atoms with Crippen LogP contribution in [-0.4, -0.2) is 11.2 Å². The fraction of sp³-hybridized carbons (Fsp3) is 0. The first kappa shape index (κ1) is 15.0. The van der Waals surface area contributed by atoms with E-state index in [1.54, 1.807) is 12.3 Å². The quantitative estimate of drug-likeness (QED) is 0.495. The maximum Gasteiger partial charge on any atom is 0.203 e. The lowest BCUT2D eigenvalue weighted by Crippen LogP contribution is -1.91. The maximum atomic E-state index is 6.10. The maximum absolute atomic E-state index is 6.10. The number of anilines is 1. The number of benzene rings is 2. The van der Waals surface area contributed by atoms with E-state index in [1.807, 2.05) is 47.8 Å². The molecule has 3 rings (SSSR count). The van der Waals surface area contributed by atoms with Gasteiger partial charge in [-0.05, 0) is 6.07 Å². The van der Waals surface area contributed by atoms with Gasteiger partial charge in [0.25, 0.3) is 0 Å². The van der Waals surface area contributed by atoms with Crippen LogP contribution in [0.2, 0.25) is 10.0 Å². The van der Waals surface area contributed by atoms with Crippen molar-refractivity contribution in [2.45, 2.75) is 0 Å². The lowest BCUT2D eigenvalue weighted by Gasteiger charge is -1.99. The van der Waals surface area contributed by atoms with Gasteiger partial charge in [-0.2, -0.15) is 5.10 Å². The van der Waals surface area contributed by atoms with E-state index >= 15 is 0 Å². The molecule has 0 atom stereocenters. The highest BCUT2D eigenvalue weighted by Crippen LogP contribution is 2.25. The number of aromatic nitrogens is 1. The summed E-state index contributed by atoms with van der Waals surface area (Å²) < 4.78 is 0. The number of hydrazone groups is 1.